The normalized spacial score (nSPS) is 11.4. The second-order valence-electron chi connectivity index (χ2n) is 5.82. The van der Waals surface area contributed by atoms with Crippen molar-refractivity contribution in [3.63, 3.8) is 0 Å². The van der Waals surface area contributed by atoms with E-state index < -0.39 is 0 Å². The zero-order valence-corrected chi connectivity index (χ0v) is 13.1. The van der Waals surface area contributed by atoms with E-state index in [9.17, 15) is 0 Å². The molecule has 0 aliphatic carbocycles. The summed E-state index contributed by atoms with van der Waals surface area (Å²) in [6, 6.07) is 16.6. The Morgan fingerprint density at radius 3 is 2.61 bits per heavy atom. The molecule has 0 aliphatic heterocycles. The van der Waals surface area contributed by atoms with E-state index >= 15 is 0 Å². The molecule has 2 aromatic carbocycles. The molecule has 4 rings (SSSR count). The van der Waals surface area contributed by atoms with Crippen LogP contribution >= 0.6 is 0 Å². The number of H-pyrrole nitrogens is 1. The van der Waals surface area contributed by atoms with Crippen LogP contribution in [0.4, 0.5) is 0 Å². The van der Waals surface area contributed by atoms with Crippen molar-refractivity contribution < 1.29 is 0 Å². The first-order chi connectivity index (χ1) is 11.2. The minimum absolute atomic E-state index is 0.269. The highest BCUT2D eigenvalue weighted by Gasteiger charge is 2.13. The summed E-state index contributed by atoms with van der Waals surface area (Å²) >= 11 is 0. The SMILES string of the molecule is CC(C)n1nnc2ccc(-c3[nH]cnc3-c3ccccc3)cc21. The summed E-state index contributed by atoms with van der Waals surface area (Å²) in [6.07, 6.45) is 1.74. The molecule has 0 radical (unpaired) electrons. The smallest absolute Gasteiger partial charge is 0.113 e. The largest absolute Gasteiger partial charge is 0.344 e. The van der Waals surface area contributed by atoms with Gasteiger partial charge in [0, 0.05) is 17.2 Å². The maximum Gasteiger partial charge on any atom is 0.113 e. The lowest BCUT2D eigenvalue weighted by atomic mass is 10.0. The third-order valence-corrected chi connectivity index (χ3v) is 3.94. The standard InChI is InChI=1S/C18H17N5/c1-12(2)23-16-10-14(8-9-15(16)21-22-23)18-17(19-11-20-18)13-6-4-3-5-7-13/h3-12H,1-2H3,(H,19,20). The van der Waals surface area contributed by atoms with Crippen molar-refractivity contribution in [1.82, 2.24) is 25.0 Å². The van der Waals surface area contributed by atoms with Crippen LogP contribution in [0.2, 0.25) is 0 Å². The Hall–Kier alpha value is -2.95. The second kappa shape index (κ2) is 5.35. The molecule has 0 saturated carbocycles. The highest BCUT2D eigenvalue weighted by Crippen LogP contribution is 2.30. The molecular formula is C18H17N5. The van der Waals surface area contributed by atoms with Gasteiger partial charge in [0.2, 0.25) is 0 Å². The number of benzene rings is 2. The van der Waals surface area contributed by atoms with Crippen LogP contribution in [0.1, 0.15) is 19.9 Å². The molecule has 2 heterocycles. The van der Waals surface area contributed by atoms with Gasteiger partial charge in [0.15, 0.2) is 0 Å². The highest BCUT2D eigenvalue weighted by atomic mass is 15.4. The summed E-state index contributed by atoms with van der Waals surface area (Å²) in [7, 11) is 0. The van der Waals surface area contributed by atoms with Crippen LogP contribution in [0.3, 0.4) is 0 Å². The molecule has 0 saturated heterocycles. The maximum absolute atomic E-state index is 4.49. The van der Waals surface area contributed by atoms with E-state index in [0.717, 1.165) is 33.5 Å². The van der Waals surface area contributed by atoms with Crippen molar-refractivity contribution in [2.75, 3.05) is 0 Å². The fourth-order valence-electron chi connectivity index (χ4n) is 2.80. The Labute approximate surface area is 134 Å². The van der Waals surface area contributed by atoms with E-state index in [1.807, 2.05) is 28.9 Å². The second-order valence-corrected chi connectivity index (χ2v) is 5.82. The highest BCUT2D eigenvalue weighted by molar-refractivity contribution is 5.85. The van der Waals surface area contributed by atoms with Crippen molar-refractivity contribution in [2.24, 2.45) is 0 Å². The van der Waals surface area contributed by atoms with Crippen LogP contribution in [0.15, 0.2) is 54.9 Å². The third-order valence-electron chi connectivity index (χ3n) is 3.94. The van der Waals surface area contributed by atoms with E-state index in [-0.39, 0.29) is 6.04 Å². The lowest BCUT2D eigenvalue weighted by Crippen LogP contribution is -2.02. The predicted molar refractivity (Wildman–Crippen MR) is 90.9 cm³/mol. The molecule has 0 spiro atoms. The molecule has 0 unspecified atom stereocenters. The molecule has 1 N–H and O–H groups in total. The third kappa shape index (κ3) is 2.30. The summed E-state index contributed by atoms with van der Waals surface area (Å²) < 4.78 is 1.94. The molecule has 114 valence electrons. The van der Waals surface area contributed by atoms with Gasteiger partial charge in [-0.15, -0.1) is 5.10 Å². The number of aromatic amines is 1. The molecule has 0 amide bonds. The number of imidazole rings is 1. The average molecular weight is 303 g/mol. The summed E-state index contributed by atoms with van der Waals surface area (Å²) in [4.78, 5) is 7.76. The van der Waals surface area contributed by atoms with E-state index in [2.05, 4.69) is 58.4 Å². The van der Waals surface area contributed by atoms with Gasteiger partial charge in [0.1, 0.15) is 5.52 Å². The Balaban J connectivity index is 1.87. The van der Waals surface area contributed by atoms with Gasteiger partial charge in [-0.25, -0.2) is 9.67 Å². The topological polar surface area (TPSA) is 59.4 Å². The zero-order chi connectivity index (χ0) is 15.8. The lowest BCUT2D eigenvalue weighted by molar-refractivity contribution is 0.530. The number of fused-ring (bicyclic) bond motifs is 1. The van der Waals surface area contributed by atoms with Gasteiger partial charge in [0.25, 0.3) is 0 Å². The molecule has 0 bridgehead atoms. The first-order valence-corrected chi connectivity index (χ1v) is 7.68. The fraction of sp³-hybridized carbons (Fsp3) is 0.167. The average Bonchev–Trinajstić information content (AvgIpc) is 3.22. The first-order valence-electron chi connectivity index (χ1n) is 7.68. The fourth-order valence-corrected chi connectivity index (χ4v) is 2.80. The number of nitrogens with one attached hydrogen (secondary N) is 1. The number of aromatic nitrogens is 5. The van der Waals surface area contributed by atoms with Gasteiger partial charge >= 0.3 is 0 Å². The molecule has 2 aromatic heterocycles. The summed E-state index contributed by atoms with van der Waals surface area (Å²) in [5.74, 6) is 0. The Morgan fingerprint density at radius 1 is 1.00 bits per heavy atom. The van der Waals surface area contributed by atoms with Crippen LogP contribution in [0.25, 0.3) is 33.5 Å². The van der Waals surface area contributed by atoms with Crippen LogP contribution < -0.4 is 0 Å². The van der Waals surface area contributed by atoms with Gasteiger partial charge in [-0.3, -0.25) is 0 Å². The van der Waals surface area contributed by atoms with Gasteiger partial charge < -0.3 is 4.98 Å². The van der Waals surface area contributed by atoms with E-state index in [1.165, 1.54) is 0 Å². The summed E-state index contributed by atoms with van der Waals surface area (Å²) in [5, 5.41) is 8.47. The molecule has 0 aliphatic rings. The molecule has 4 aromatic rings. The van der Waals surface area contributed by atoms with Gasteiger partial charge in [0.05, 0.1) is 23.2 Å². The number of hydrogen-bond acceptors (Lipinski definition) is 3. The monoisotopic (exact) mass is 303 g/mol. The minimum atomic E-state index is 0.269. The van der Waals surface area contributed by atoms with Crippen molar-refractivity contribution in [3.8, 4) is 22.5 Å². The molecule has 0 atom stereocenters. The summed E-state index contributed by atoms with van der Waals surface area (Å²) in [5.41, 5.74) is 6.08. The number of hydrogen-bond donors (Lipinski definition) is 1. The van der Waals surface area contributed by atoms with E-state index in [1.54, 1.807) is 6.33 Å². The van der Waals surface area contributed by atoms with Crippen molar-refractivity contribution in [1.29, 1.82) is 0 Å². The van der Waals surface area contributed by atoms with Crippen LogP contribution in [0, 0.1) is 0 Å². The van der Waals surface area contributed by atoms with E-state index in [0.29, 0.717) is 0 Å². The Bertz CT molecular complexity index is 950. The summed E-state index contributed by atoms with van der Waals surface area (Å²) in [6.45, 7) is 4.21. The number of rotatable bonds is 3. The van der Waals surface area contributed by atoms with Crippen LogP contribution in [0.5, 0.6) is 0 Å². The Kier molecular flexibility index (Phi) is 3.19. The lowest BCUT2D eigenvalue weighted by Gasteiger charge is -2.07. The van der Waals surface area contributed by atoms with Gasteiger partial charge in [-0.2, -0.15) is 0 Å². The van der Waals surface area contributed by atoms with Crippen molar-refractivity contribution in [3.05, 3.63) is 54.9 Å². The molecule has 5 heteroatoms. The van der Waals surface area contributed by atoms with E-state index in [4.69, 9.17) is 0 Å². The van der Waals surface area contributed by atoms with Crippen molar-refractivity contribution in [2.45, 2.75) is 19.9 Å². The van der Waals surface area contributed by atoms with Gasteiger partial charge in [-0.1, -0.05) is 41.6 Å². The maximum atomic E-state index is 4.49. The van der Waals surface area contributed by atoms with Crippen LogP contribution in [-0.4, -0.2) is 25.0 Å². The first kappa shape index (κ1) is 13.7. The molecule has 23 heavy (non-hydrogen) atoms. The zero-order valence-electron chi connectivity index (χ0n) is 13.1. The predicted octanol–water partition coefficient (Wildman–Crippen LogP) is 4.07. The van der Waals surface area contributed by atoms with Crippen LogP contribution in [-0.2, 0) is 0 Å². The molecular weight excluding hydrogens is 286 g/mol. The quantitative estimate of drug-likeness (QED) is 0.620. The molecule has 0 fully saturated rings. The molecule has 5 nitrogen and oxygen atoms in total. The van der Waals surface area contributed by atoms with Gasteiger partial charge in [-0.05, 0) is 26.0 Å². The van der Waals surface area contributed by atoms with Crippen molar-refractivity contribution >= 4 is 11.0 Å². The Morgan fingerprint density at radius 2 is 1.83 bits per heavy atom. The minimum Gasteiger partial charge on any atom is -0.344 e. The number of nitrogens with zero attached hydrogens (tertiary/aromatic N) is 4.